The Kier molecular flexibility index (Phi) is 7.63. The number of nitriles is 1. The van der Waals surface area contributed by atoms with Crippen LogP contribution in [0.25, 0.3) is 11.3 Å². The molecule has 10 heteroatoms. The molecule has 1 aromatic heterocycles. The maximum atomic E-state index is 12.2. The number of nitrogens with zero attached hydrogens (tertiary/aromatic N) is 5. The Morgan fingerprint density at radius 3 is 2.54 bits per heavy atom. The van der Waals surface area contributed by atoms with Gasteiger partial charge in [0.25, 0.3) is 0 Å². The van der Waals surface area contributed by atoms with Crippen LogP contribution in [0.4, 0.5) is 17.3 Å². The van der Waals surface area contributed by atoms with Crippen molar-refractivity contribution in [2.24, 2.45) is 5.92 Å². The van der Waals surface area contributed by atoms with Crippen molar-refractivity contribution < 1.29 is 19.1 Å². The molecule has 1 N–H and O–H groups in total. The maximum absolute atomic E-state index is 12.2. The van der Waals surface area contributed by atoms with Crippen LogP contribution in [0.1, 0.15) is 26.3 Å². The van der Waals surface area contributed by atoms with Crippen LogP contribution >= 0.6 is 0 Å². The molecule has 2 aliphatic rings. The van der Waals surface area contributed by atoms with Gasteiger partial charge in [-0.05, 0) is 69.3 Å². The van der Waals surface area contributed by atoms with E-state index < -0.39 is 5.60 Å². The van der Waals surface area contributed by atoms with Crippen molar-refractivity contribution in [2.45, 2.75) is 26.4 Å². The molecule has 2 aliphatic heterocycles. The van der Waals surface area contributed by atoms with Crippen molar-refractivity contribution in [1.29, 1.82) is 5.26 Å². The molecule has 0 saturated carbocycles. The number of hydrogen-bond donors (Lipinski definition) is 1. The van der Waals surface area contributed by atoms with Crippen molar-refractivity contribution in [3.63, 3.8) is 0 Å². The number of hydroxylamine groups is 2. The van der Waals surface area contributed by atoms with Gasteiger partial charge in [0.2, 0.25) is 5.95 Å². The van der Waals surface area contributed by atoms with Crippen LogP contribution in [0.5, 0.6) is 5.75 Å². The first kappa shape index (κ1) is 26.4. The maximum Gasteiger partial charge on any atom is 0.312 e. The molecule has 0 unspecified atom stereocenters. The van der Waals surface area contributed by atoms with Crippen LogP contribution in [0, 0.1) is 17.2 Å². The molecule has 0 spiro atoms. The highest BCUT2D eigenvalue weighted by atomic mass is 16.7. The van der Waals surface area contributed by atoms with E-state index in [1.54, 1.807) is 29.5 Å². The number of carbonyl (C=O) groups excluding carboxylic acids is 1. The lowest BCUT2D eigenvalue weighted by Gasteiger charge is -2.37. The fourth-order valence-corrected chi connectivity index (χ4v) is 4.33. The first-order valence-corrected chi connectivity index (χ1v) is 13.0. The molecule has 0 radical (unpaired) electrons. The van der Waals surface area contributed by atoms with E-state index in [1.165, 1.54) is 0 Å². The first-order chi connectivity index (χ1) is 18.8. The van der Waals surface area contributed by atoms with E-state index >= 15 is 0 Å². The lowest BCUT2D eigenvalue weighted by molar-refractivity contribution is -0.187. The average molecular weight is 529 g/mol. The van der Waals surface area contributed by atoms with Crippen molar-refractivity contribution in [1.82, 2.24) is 15.0 Å². The largest absolute Gasteiger partial charge is 0.460 e. The summed E-state index contributed by atoms with van der Waals surface area (Å²) in [6.45, 7) is 9.62. The molecule has 39 heavy (non-hydrogen) atoms. The Morgan fingerprint density at radius 2 is 1.85 bits per heavy atom. The zero-order chi connectivity index (χ0) is 27.4. The number of benzene rings is 2. The molecule has 2 aromatic carbocycles. The van der Waals surface area contributed by atoms with Crippen LogP contribution in [0.2, 0.25) is 0 Å². The molecule has 202 valence electrons. The van der Waals surface area contributed by atoms with Crippen molar-refractivity contribution in [2.75, 3.05) is 49.6 Å². The van der Waals surface area contributed by atoms with Gasteiger partial charge in [0.15, 0.2) is 5.75 Å². The Labute approximate surface area is 228 Å². The zero-order valence-corrected chi connectivity index (χ0v) is 22.4. The Hall–Kier alpha value is -4.20. The van der Waals surface area contributed by atoms with Gasteiger partial charge in [-0.2, -0.15) is 5.26 Å². The third-order valence-corrected chi connectivity index (χ3v) is 6.37. The van der Waals surface area contributed by atoms with Crippen molar-refractivity contribution >= 4 is 23.3 Å². The predicted octanol–water partition coefficient (Wildman–Crippen LogP) is 4.16. The second kappa shape index (κ2) is 11.3. The minimum absolute atomic E-state index is 0.237. The molecule has 2 saturated heterocycles. The summed E-state index contributed by atoms with van der Waals surface area (Å²) in [7, 11) is 0. The molecule has 3 aromatic rings. The van der Waals surface area contributed by atoms with Gasteiger partial charge < -0.3 is 24.5 Å². The van der Waals surface area contributed by atoms with Gasteiger partial charge in [-0.15, -0.1) is 5.06 Å². The topological polar surface area (TPSA) is 113 Å². The SMILES string of the molecule is CC(C)(C)OC(=O)C1CN(Oc2ccc(-c3ccnc(Nc4ccc(N5CCOCC5)cc4)n3)cc2C#N)C1. The van der Waals surface area contributed by atoms with Crippen LogP contribution in [-0.4, -0.2) is 66.0 Å². The number of nitrogens with one attached hydrogen (secondary N) is 1. The fraction of sp³-hybridized carbons (Fsp3) is 0.379. The van der Waals surface area contributed by atoms with E-state index in [-0.39, 0.29) is 11.9 Å². The predicted molar refractivity (Wildman–Crippen MR) is 146 cm³/mol. The smallest absolute Gasteiger partial charge is 0.312 e. The normalized spacial score (nSPS) is 16.2. The lowest BCUT2D eigenvalue weighted by atomic mass is 10.0. The summed E-state index contributed by atoms with van der Waals surface area (Å²) in [4.78, 5) is 29.4. The van der Waals surface area contributed by atoms with Gasteiger partial charge in [0.05, 0.1) is 30.4 Å². The summed E-state index contributed by atoms with van der Waals surface area (Å²) in [6, 6.07) is 17.5. The van der Waals surface area contributed by atoms with E-state index in [4.69, 9.17) is 14.3 Å². The number of esters is 1. The Morgan fingerprint density at radius 1 is 1.10 bits per heavy atom. The van der Waals surface area contributed by atoms with Gasteiger partial charge in [0.1, 0.15) is 11.7 Å². The van der Waals surface area contributed by atoms with E-state index in [2.05, 4.69) is 38.4 Å². The summed E-state index contributed by atoms with van der Waals surface area (Å²) in [6.07, 6.45) is 1.68. The molecular weight excluding hydrogens is 496 g/mol. The standard InChI is InChI=1S/C29H32N6O4/c1-29(2,3)38-27(36)22-18-35(19-22)39-26-9-4-20(16-21(26)17-30)25-10-11-31-28(33-25)32-23-5-7-24(8-6-23)34-12-14-37-15-13-34/h4-11,16,22H,12-15,18-19H2,1-3H3,(H,31,32,33). The second-order valence-electron chi connectivity index (χ2n) is 10.5. The number of ether oxygens (including phenoxy) is 2. The zero-order valence-electron chi connectivity index (χ0n) is 22.4. The molecule has 5 rings (SSSR count). The highest BCUT2D eigenvalue weighted by molar-refractivity contribution is 5.74. The molecule has 0 bridgehead atoms. The Bertz CT molecular complexity index is 1350. The molecule has 3 heterocycles. The molecule has 0 aliphatic carbocycles. The van der Waals surface area contributed by atoms with Gasteiger partial charge in [0, 0.05) is 49.3 Å². The fourth-order valence-electron chi connectivity index (χ4n) is 4.33. The monoisotopic (exact) mass is 528 g/mol. The minimum Gasteiger partial charge on any atom is -0.460 e. The molecule has 2 fully saturated rings. The third kappa shape index (κ3) is 6.63. The molecular formula is C29H32N6O4. The van der Waals surface area contributed by atoms with Crippen LogP contribution in [0.3, 0.4) is 0 Å². The van der Waals surface area contributed by atoms with Crippen LogP contribution in [0.15, 0.2) is 54.7 Å². The number of anilines is 3. The Balaban J connectivity index is 1.22. The number of aromatic nitrogens is 2. The molecule has 0 amide bonds. The minimum atomic E-state index is -0.522. The number of morpholine rings is 1. The summed E-state index contributed by atoms with van der Waals surface area (Å²) in [5.74, 6) is 0.409. The van der Waals surface area contributed by atoms with Gasteiger partial charge >= 0.3 is 5.97 Å². The van der Waals surface area contributed by atoms with E-state index in [0.29, 0.717) is 36.0 Å². The van der Waals surface area contributed by atoms with Crippen LogP contribution < -0.4 is 15.1 Å². The number of rotatable bonds is 7. The van der Waals surface area contributed by atoms with Crippen molar-refractivity contribution in [3.8, 4) is 23.1 Å². The molecule has 10 nitrogen and oxygen atoms in total. The lowest BCUT2D eigenvalue weighted by Crippen LogP contribution is -2.53. The third-order valence-electron chi connectivity index (χ3n) is 6.37. The number of carbonyl (C=O) groups is 1. The summed E-state index contributed by atoms with van der Waals surface area (Å²) in [5, 5.41) is 14.7. The van der Waals surface area contributed by atoms with Crippen LogP contribution in [-0.2, 0) is 14.3 Å². The summed E-state index contributed by atoms with van der Waals surface area (Å²) >= 11 is 0. The first-order valence-electron chi connectivity index (χ1n) is 13.0. The summed E-state index contributed by atoms with van der Waals surface area (Å²) in [5.41, 5.74) is 3.33. The second-order valence-corrected chi connectivity index (χ2v) is 10.5. The van der Waals surface area contributed by atoms with Gasteiger partial charge in [-0.25, -0.2) is 9.97 Å². The van der Waals surface area contributed by atoms with Crippen molar-refractivity contribution in [3.05, 3.63) is 60.3 Å². The van der Waals surface area contributed by atoms with Gasteiger partial charge in [-0.1, -0.05) is 0 Å². The van der Waals surface area contributed by atoms with E-state index in [9.17, 15) is 10.1 Å². The highest BCUT2D eigenvalue weighted by Crippen LogP contribution is 2.29. The van der Waals surface area contributed by atoms with Gasteiger partial charge in [-0.3, -0.25) is 4.79 Å². The number of hydrogen-bond acceptors (Lipinski definition) is 10. The molecule has 0 atom stereocenters. The van der Waals surface area contributed by atoms with E-state index in [1.807, 2.05) is 39.0 Å². The van der Waals surface area contributed by atoms with E-state index in [0.717, 1.165) is 43.2 Å². The quantitative estimate of drug-likeness (QED) is 0.449. The average Bonchev–Trinajstić information content (AvgIpc) is 2.90. The summed E-state index contributed by atoms with van der Waals surface area (Å²) < 4.78 is 10.9. The highest BCUT2D eigenvalue weighted by Gasteiger charge is 2.37.